The molecule has 2 saturated heterocycles. The minimum absolute atomic E-state index is 0.0219. The largest absolute Gasteiger partial charge is 0.507 e. The zero-order chi connectivity index (χ0) is 21.7. The average molecular weight is 443 g/mol. The summed E-state index contributed by atoms with van der Waals surface area (Å²) in [5, 5.41) is 23.6. The highest BCUT2D eigenvalue weighted by atomic mass is 32.1. The van der Waals surface area contributed by atoms with Gasteiger partial charge in [0.2, 0.25) is 5.13 Å². The van der Waals surface area contributed by atoms with Crippen molar-refractivity contribution in [2.75, 3.05) is 11.9 Å². The second-order valence-electron chi connectivity index (χ2n) is 8.25. The first-order valence-corrected chi connectivity index (χ1v) is 11.1. The van der Waals surface area contributed by atoms with Crippen molar-refractivity contribution < 1.29 is 9.50 Å². The number of hydrogen-bond donors (Lipinski definition) is 2. The van der Waals surface area contributed by atoms with E-state index in [9.17, 15) is 14.3 Å². The summed E-state index contributed by atoms with van der Waals surface area (Å²) in [7, 11) is 3.49. The third-order valence-electron chi connectivity index (χ3n) is 6.27. The van der Waals surface area contributed by atoms with E-state index in [2.05, 4.69) is 20.5 Å². The molecule has 4 heterocycles. The van der Waals surface area contributed by atoms with Crippen LogP contribution in [0, 0.1) is 0 Å². The van der Waals surface area contributed by atoms with Gasteiger partial charge in [0.25, 0.3) is 5.56 Å². The summed E-state index contributed by atoms with van der Waals surface area (Å²) >= 11 is 1.32. The van der Waals surface area contributed by atoms with Gasteiger partial charge in [0, 0.05) is 37.8 Å². The Bertz CT molecular complexity index is 1180. The fourth-order valence-electron chi connectivity index (χ4n) is 4.45. The number of aromatic hydroxyl groups is 1. The molecule has 3 aromatic rings. The third-order valence-corrected chi connectivity index (χ3v) is 7.32. The van der Waals surface area contributed by atoms with E-state index in [1.165, 1.54) is 28.3 Å². The maximum atomic E-state index is 14.9. The van der Waals surface area contributed by atoms with Crippen molar-refractivity contribution in [1.82, 2.24) is 25.1 Å². The van der Waals surface area contributed by atoms with E-state index in [0.29, 0.717) is 33.0 Å². The molecule has 0 saturated carbocycles. The van der Waals surface area contributed by atoms with Crippen molar-refractivity contribution in [3.8, 4) is 27.6 Å². The number of fused-ring (bicyclic) bond motifs is 2. The first-order valence-electron chi connectivity index (χ1n) is 10.2. The van der Waals surface area contributed by atoms with E-state index < -0.39 is 6.17 Å². The number of alkyl halides is 1. The molecule has 8 nitrogen and oxygen atoms in total. The Kier molecular flexibility index (Phi) is 4.98. The molecule has 2 aliphatic rings. The molecule has 31 heavy (non-hydrogen) atoms. The summed E-state index contributed by atoms with van der Waals surface area (Å²) in [4.78, 5) is 18.0. The molecule has 5 rings (SSSR count). The zero-order valence-electron chi connectivity index (χ0n) is 17.2. The Hall–Kier alpha value is -2.85. The highest BCUT2D eigenvalue weighted by Gasteiger charge is 2.44. The molecular weight excluding hydrogens is 419 g/mol. The van der Waals surface area contributed by atoms with Crippen LogP contribution in [0.3, 0.4) is 0 Å². The molecule has 1 aromatic carbocycles. The van der Waals surface area contributed by atoms with Crippen LogP contribution in [0.25, 0.3) is 21.8 Å². The number of anilines is 1. The summed E-state index contributed by atoms with van der Waals surface area (Å²) < 4.78 is 16.3. The van der Waals surface area contributed by atoms with Crippen LogP contribution >= 0.6 is 11.3 Å². The summed E-state index contributed by atoms with van der Waals surface area (Å²) in [5.74, 6) is 0.0219. The third kappa shape index (κ3) is 3.59. The van der Waals surface area contributed by atoms with Crippen LogP contribution in [-0.2, 0) is 7.05 Å². The Labute approximate surface area is 182 Å². The topological polar surface area (TPSA) is 96.2 Å². The standard InChI is InChI=1S/C21H23FN6O2S/c1-27-10-23-15(9-18(27)30)11-3-5-13(17(29)7-11)20-25-26-21(31-20)28(2)16-8-12-4-6-14(24-12)19(16)22/h3,5,7,9-10,12,14,16,19,24,29H,4,6,8H2,1-2H3/t12?,14?,16-,19+/m1/s1. The van der Waals surface area contributed by atoms with Crippen LogP contribution in [-0.4, -0.2) is 56.2 Å². The van der Waals surface area contributed by atoms with Crippen molar-refractivity contribution >= 4 is 16.5 Å². The molecular formula is C21H23FN6O2S. The average Bonchev–Trinajstić information content (AvgIpc) is 3.40. The Morgan fingerprint density at radius 1 is 1.29 bits per heavy atom. The van der Waals surface area contributed by atoms with Crippen LogP contribution in [0.15, 0.2) is 35.4 Å². The van der Waals surface area contributed by atoms with Crippen LogP contribution < -0.4 is 15.8 Å². The lowest BCUT2D eigenvalue weighted by Crippen LogP contribution is -2.55. The van der Waals surface area contributed by atoms with Crippen LogP contribution in [0.1, 0.15) is 19.3 Å². The lowest BCUT2D eigenvalue weighted by Gasteiger charge is -2.38. The van der Waals surface area contributed by atoms with Gasteiger partial charge in [0.05, 0.1) is 23.6 Å². The quantitative estimate of drug-likeness (QED) is 0.640. The molecule has 0 aliphatic carbocycles. The van der Waals surface area contributed by atoms with Gasteiger partial charge >= 0.3 is 0 Å². The molecule has 4 atom stereocenters. The number of aromatic nitrogens is 4. The SMILES string of the molecule is CN(c1nnc(-c2ccc(-c3cc(=O)n(C)cn3)cc2O)s1)[C@@H]1CC2CCC(N2)[C@@H]1F. The van der Waals surface area contributed by atoms with E-state index in [1.807, 2.05) is 11.9 Å². The number of phenolic OH excluding ortho intramolecular Hbond substituents is 1. The number of benzene rings is 1. The number of aryl methyl sites for hydroxylation is 1. The summed E-state index contributed by atoms with van der Waals surface area (Å²) in [6, 6.07) is 6.54. The highest BCUT2D eigenvalue weighted by Crippen LogP contribution is 2.38. The highest BCUT2D eigenvalue weighted by molar-refractivity contribution is 7.18. The molecule has 0 radical (unpaired) electrons. The zero-order valence-corrected chi connectivity index (χ0v) is 18.0. The summed E-state index contributed by atoms with van der Waals surface area (Å²) in [6.07, 6.45) is 3.13. The number of rotatable bonds is 4. The predicted octanol–water partition coefficient (Wildman–Crippen LogP) is 2.34. The summed E-state index contributed by atoms with van der Waals surface area (Å²) in [6.45, 7) is 0. The van der Waals surface area contributed by atoms with Gasteiger partial charge in [-0.05, 0) is 31.4 Å². The van der Waals surface area contributed by atoms with Gasteiger partial charge in [-0.3, -0.25) is 4.79 Å². The Morgan fingerprint density at radius 3 is 2.90 bits per heavy atom. The van der Waals surface area contributed by atoms with Gasteiger partial charge in [0.1, 0.15) is 11.9 Å². The van der Waals surface area contributed by atoms with Crippen molar-refractivity contribution in [3.63, 3.8) is 0 Å². The number of halogens is 1. The van der Waals surface area contributed by atoms with Gasteiger partial charge < -0.3 is 19.9 Å². The van der Waals surface area contributed by atoms with Crippen LogP contribution in [0.5, 0.6) is 5.75 Å². The number of nitrogens with one attached hydrogen (secondary N) is 1. The monoisotopic (exact) mass is 442 g/mol. The van der Waals surface area contributed by atoms with E-state index in [-0.39, 0.29) is 23.4 Å². The Morgan fingerprint density at radius 2 is 2.13 bits per heavy atom. The van der Waals surface area contributed by atoms with E-state index in [1.54, 1.807) is 25.2 Å². The minimum atomic E-state index is -0.949. The molecule has 2 aromatic heterocycles. The lowest BCUT2D eigenvalue weighted by atomic mass is 9.97. The van der Waals surface area contributed by atoms with Crippen molar-refractivity contribution in [2.45, 2.75) is 43.6 Å². The van der Waals surface area contributed by atoms with Gasteiger partial charge in [-0.1, -0.05) is 17.4 Å². The molecule has 2 bridgehead atoms. The van der Waals surface area contributed by atoms with E-state index >= 15 is 0 Å². The maximum Gasteiger partial charge on any atom is 0.253 e. The Balaban J connectivity index is 1.39. The second kappa shape index (κ2) is 7.69. The lowest BCUT2D eigenvalue weighted by molar-refractivity contribution is 0.176. The second-order valence-corrected chi connectivity index (χ2v) is 9.21. The van der Waals surface area contributed by atoms with Gasteiger partial charge in [-0.2, -0.15) is 0 Å². The minimum Gasteiger partial charge on any atom is -0.507 e. The first kappa shape index (κ1) is 20.1. The molecule has 0 spiro atoms. The molecule has 2 fully saturated rings. The van der Waals surface area contributed by atoms with E-state index in [0.717, 1.165) is 19.3 Å². The maximum absolute atomic E-state index is 14.9. The number of nitrogens with zero attached hydrogens (tertiary/aromatic N) is 5. The number of hydrogen-bond acceptors (Lipinski definition) is 8. The molecule has 2 N–H and O–H groups in total. The van der Waals surface area contributed by atoms with Crippen molar-refractivity contribution in [1.29, 1.82) is 0 Å². The summed E-state index contributed by atoms with van der Waals surface area (Å²) in [5.41, 5.74) is 1.47. The normalized spacial score (nSPS) is 25.0. The fraction of sp³-hybridized carbons (Fsp3) is 0.429. The molecule has 162 valence electrons. The number of phenols is 1. The number of piperidine rings is 1. The molecule has 10 heteroatoms. The predicted molar refractivity (Wildman–Crippen MR) is 117 cm³/mol. The van der Waals surface area contributed by atoms with Gasteiger partial charge in [-0.25, -0.2) is 9.37 Å². The molecule has 2 aliphatic heterocycles. The van der Waals surface area contributed by atoms with E-state index in [4.69, 9.17) is 0 Å². The van der Waals surface area contributed by atoms with Crippen molar-refractivity contribution in [2.24, 2.45) is 7.05 Å². The van der Waals surface area contributed by atoms with Gasteiger partial charge in [-0.15, -0.1) is 10.2 Å². The van der Waals surface area contributed by atoms with Crippen molar-refractivity contribution in [3.05, 3.63) is 40.9 Å². The van der Waals surface area contributed by atoms with Gasteiger partial charge in [0.15, 0.2) is 5.01 Å². The smallest absolute Gasteiger partial charge is 0.253 e. The first-order chi connectivity index (χ1) is 14.9. The molecule has 0 amide bonds. The van der Waals surface area contributed by atoms with Crippen LogP contribution in [0.2, 0.25) is 0 Å². The van der Waals surface area contributed by atoms with Crippen LogP contribution in [0.4, 0.5) is 9.52 Å². The fourth-order valence-corrected chi connectivity index (χ4v) is 5.35. The molecule has 2 unspecified atom stereocenters.